The maximum Gasteiger partial charge on any atom is 0.0914 e. The van der Waals surface area contributed by atoms with Crippen molar-refractivity contribution in [2.45, 2.75) is 39.2 Å². The number of alkyl halides is 1. The summed E-state index contributed by atoms with van der Waals surface area (Å²) < 4.78 is 6.93. The van der Waals surface area contributed by atoms with Gasteiger partial charge in [0.2, 0.25) is 0 Å². The van der Waals surface area contributed by atoms with E-state index in [1.807, 2.05) is 0 Å². The number of unbranched alkanes of at least 4 members (excludes halogenated alkanes) is 2. The SMILES string of the molecule is CCCCCOC(CI)c1ccc(C)cc1. The van der Waals surface area contributed by atoms with Gasteiger partial charge in [-0.05, 0) is 18.9 Å². The summed E-state index contributed by atoms with van der Waals surface area (Å²) in [5, 5.41) is 0. The number of ether oxygens (including phenoxy) is 1. The van der Waals surface area contributed by atoms with Crippen molar-refractivity contribution in [1.29, 1.82) is 0 Å². The molecular weight excluding hydrogens is 311 g/mol. The Morgan fingerprint density at radius 1 is 1.19 bits per heavy atom. The highest BCUT2D eigenvalue weighted by Gasteiger charge is 2.09. The lowest BCUT2D eigenvalue weighted by Crippen LogP contribution is -2.07. The predicted molar refractivity (Wildman–Crippen MR) is 78.3 cm³/mol. The first-order valence-corrected chi connectivity index (χ1v) is 7.54. The fraction of sp³-hybridized carbons (Fsp3) is 0.571. The first-order chi connectivity index (χ1) is 7.77. The summed E-state index contributed by atoms with van der Waals surface area (Å²) >= 11 is 2.40. The van der Waals surface area contributed by atoms with Crippen molar-refractivity contribution in [3.63, 3.8) is 0 Å². The van der Waals surface area contributed by atoms with Crippen LogP contribution in [0.15, 0.2) is 24.3 Å². The van der Waals surface area contributed by atoms with Crippen molar-refractivity contribution in [2.75, 3.05) is 11.0 Å². The van der Waals surface area contributed by atoms with Crippen molar-refractivity contribution < 1.29 is 4.74 Å². The third kappa shape index (κ3) is 4.83. The molecule has 0 aliphatic heterocycles. The number of hydrogen-bond donors (Lipinski definition) is 0. The lowest BCUT2D eigenvalue weighted by molar-refractivity contribution is 0.0681. The summed E-state index contributed by atoms with van der Waals surface area (Å²) in [6.07, 6.45) is 3.96. The Bertz CT molecular complexity index is 281. The van der Waals surface area contributed by atoms with Gasteiger partial charge in [-0.3, -0.25) is 0 Å². The average Bonchev–Trinajstić information content (AvgIpc) is 2.31. The van der Waals surface area contributed by atoms with Crippen molar-refractivity contribution >= 4 is 22.6 Å². The van der Waals surface area contributed by atoms with Gasteiger partial charge in [-0.1, -0.05) is 72.2 Å². The molecule has 0 aromatic heterocycles. The van der Waals surface area contributed by atoms with Crippen molar-refractivity contribution in [2.24, 2.45) is 0 Å². The fourth-order valence-electron chi connectivity index (χ4n) is 1.59. The molecule has 16 heavy (non-hydrogen) atoms. The number of hydrogen-bond acceptors (Lipinski definition) is 1. The highest BCUT2D eigenvalue weighted by atomic mass is 127. The van der Waals surface area contributed by atoms with Crippen LogP contribution in [0.25, 0.3) is 0 Å². The first-order valence-electron chi connectivity index (χ1n) is 6.02. The van der Waals surface area contributed by atoms with Gasteiger partial charge in [-0.2, -0.15) is 0 Å². The molecule has 0 spiro atoms. The van der Waals surface area contributed by atoms with E-state index in [0.29, 0.717) is 0 Å². The molecule has 90 valence electrons. The minimum absolute atomic E-state index is 0.262. The van der Waals surface area contributed by atoms with E-state index in [1.165, 1.54) is 30.4 Å². The van der Waals surface area contributed by atoms with E-state index in [2.05, 4.69) is 60.7 Å². The van der Waals surface area contributed by atoms with Crippen LogP contribution in [0, 0.1) is 6.92 Å². The Labute approximate surface area is 113 Å². The molecule has 0 amide bonds. The quantitative estimate of drug-likeness (QED) is 0.400. The molecule has 0 saturated carbocycles. The van der Waals surface area contributed by atoms with E-state index in [9.17, 15) is 0 Å². The lowest BCUT2D eigenvalue weighted by Gasteiger charge is -2.16. The first kappa shape index (κ1) is 14.0. The van der Waals surface area contributed by atoms with Gasteiger partial charge in [0, 0.05) is 11.0 Å². The van der Waals surface area contributed by atoms with Crippen LogP contribution < -0.4 is 0 Å². The molecule has 0 aliphatic rings. The molecule has 1 rings (SSSR count). The van der Waals surface area contributed by atoms with E-state index >= 15 is 0 Å². The van der Waals surface area contributed by atoms with Crippen LogP contribution in [-0.4, -0.2) is 11.0 Å². The molecule has 0 saturated heterocycles. The van der Waals surface area contributed by atoms with Crippen molar-refractivity contribution in [1.82, 2.24) is 0 Å². The van der Waals surface area contributed by atoms with Crippen molar-refractivity contribution in [3.8, 4) is 0 Å². The number of benzene rings is 1. The average molecular weight is 332 g/mol. The van der Waals surface area contributed by atoms with Crippen LogP contribution in [0.1, 0.15) is 43.4 Å². The molecule has 0 bridgehead atoms. The number of halogens is 1. The lowest BCUT2D eigenvalue weighted by atomic mass is 10.1. The zero-order valence-electron chi connectivity index (χ0n) is 10.2. The summed E-state index contributed by atoms with van der Waals surface area (Å²) in [6.45, 7) is 5.22. The zero-order chi connectivity index (χ0) is 11.8. The molecule has 1 atom stereocenters. The second-order valence-electron chi connectivity index (χ2n) is 4.13. The largest absolute Gasteiger partial charge is 0.373 e. The van der Waals surface area contributed by atoms with Crippen LogP contribution in [0.2, 0.25) is 0 Å². The Hall–Kier alpha value is -0.0900. The van der Waals surface area contributed by atoms with Gasteiger partial charge >= 0.3 is 0 Å². The summed E-state index contributed by atoms with van der Waals surface area (Å²) in [4.78, 5) is 0. The van der Waals surface area contributed by atoms with Gasteiger partial charge in [0.15, 0.2) is 0 Å². The Morgan fingerprint density at radius 2 is 1.88 bits per heavy atom. The number of aryl methyl sites for hydroxylation is 1. The highest BCUT2D eigenvalue weighted by molar-refractivity contribution is 14.1. The molecule has 0 heterocycles. The van der Waals surface area contributed by atoms with Crippen molar-refractivity contribution in [3.05, 3.63) is 35.4 Å². The Kier molecular flexibility index (Phi) is 7.05. The third-order valence-electron chi connectivity index (χ3n) is 2.66. The van der Waals surface area contributed by atoms with E-state index in [0.717, 1.165) is 11.0 Å². The van der Waals surface area contributed by atoms with Gasteiger partial charge in [0.05, 0.1) is 6.10 Å². The predicted octanol–water partition coefficient (Wildman–Crippen LogP) is 4.68. The van der Waals surface area contributed by atoms with Gasteiger partial charge in [-0.25, -0.2) is 0 Å². The Morgan fingerprint density at radius 3 is 2.44 bits per heavy atom. The molecule has 1 nitrogen and oxygen atoms in total. The van der Waals surface area contributed by atoms with Crippen LogP contribution >= 0.6 is 22.6 Å². The second kappa shape index (κ2) is 8.07. The van der Waals surface area contributed by atoms with Crippen LogP contribution in [0.4, 0.5) is 0 Å². The van der Waals surface area contributed by atoms with Crippen LogP contribution in [0.3, 0.4) is 0 Å². The molecule has 0 radical (unpaired) electrons. The minimum Gasteiger partial charge on any atom is -0.373 e. The standard InChI is InChI=1S/C14H21IO/c1-3-4-5-10-16-14(11-15)13-8-6-12(2)7-9-13/h6-9,14H,3-5,10-11H2,1-2H3. The normalized spacial score (nSPS) is 12.7. The third-order valence-corrected chi connectivity index (χ3v) is 3.46. The summed E-state index contributed by atoms with van der Waals surface area (Å²) in [6, 6.07) is 8.67. The molecular formula is C14H21IO. The fourth-order valence-corrected chi connectivity index (χ4v) is 2.35. The molecule has 1 aromatic carbocycles. The molecule has 1 aromatic rings. The molecule has 0 aliphatic carbocycles. The smallest absolute Gasteiger partial charge is 0.0914 e. The Balaban J connectivity index is 2.44. The summed E-state index contributed by atoms with van der Waals surface area (Å²) in [5.41, 5.74) is 2.61. The molecule has 1 unspecified atom stereocenters. The van der Waals surface area contributed by atoms with E-state index in [4.69, 9.17) is 4.74 Å². The zero-order valence-corrected chi connectivity index (χ0v) is 12.4. The summed E-state index contributed by atoms with van der Waals surface area (Å²) in [5.74, 6) is 0. The maximum atomic E-state index is 5.91. The molecule has 2 heteroatoms. The van der Waals surface area contributed by atoms with Gasteiger partial charge < -0.3 is 4.74 Å². The maximum absolute atomic E-state index is 5.91. The van der Waals surface area contributed by atoms with Crippen LogP contribution in [-0.2, 0) is 4.74 Å². The van der Waals surface area contributed by atoms with Gasteiger partial charge in [-0.15, -0.1) is 0 Å². The van der Waals surface area contributed by atoms with Crippen LogP contribution in [0.5, 0.6) is 0 Å². The minimum atomic E-state index is 0.262. The van der Waals surface area contributed by atoms with E-state index < -0.39 is 0 Å². The molecule has 0 N–H and O–H groups in total. The van der Waals surface area contributed by atoms with Gasteiger partial charge in [0.25, 0.3) is 0 Å². The van der Waals surface area contributed by atoms with E-state index in [1.54, 1.807) is 0 Å². The monoisotopic (exact) mass is 332 g/mol. The topological polar surface area (TPSA) is 9.23 Å². The van der Waals surface area contributed by atoms with E-state index in [-0.39, 0.29) is 6.10 Å². The second-order valence-corrected chi connectivity index (χ2v) is 5.01. The summed E-state index contributed by atoms with van der Waals surface area (Å²) in [7, 11) is 0. The van der Waals surface area contributed by atoms with Gasteiger partial charge in [0.1, 0.15) is 0 Å². The highest BCUT2D eigenvalue weighted by Crippen LogP contribution is 2.20. The molecule has 0 fully saturated rings. The number of rotatable bonds is 7.